The van der Waals surface area contributed by atoms with E-state index in [1.807, 2.05) is 0 Å². The molecule has 1 aliphatic carbocycles. The number of ether oxygens (including phenoxy) is 1. The second-order valence-corrected chi connectivity index (χ2v) is 4.20. The fraction of sp³-hybridized carbons (Fsp3) is 1.00. The fourth-order valence-corrected chi connectivity index (χ4v) is 2.08. The van der Waals surface area contributed by atoms with Crippen LogP contribution in [0.15, 0.2) is 0 Å². The summed E-state index contributed by atoms with van der Waals surface area (Å²) in [7, 11) is 0. The van der Waals surface area contributed by atoms with Gasteiger partial charge in [0.15, 0.2) is 0 Å². The Bertz CT molecular complexity index is 165. The van der Waals surface area contributed by atoms with Crippen molar-refractivity contribution in [2.75, 3.05) is 19.6 Å². The molecule has 2 nitrogen and oxygen atoms in total. The summed E-state index contributed by atoms with van der Waals surface area (Å²) >= 11 is 0. The highest BCUT2D eigenvalue weighted by Crippen LogP contribution is 2.34. The number of rotatable bonds is 2. The molecular formula is C9H15NO. The highest BCUT2D eigenvalue weighted by atomic mass is 16.6. The number of hydrogen-bond donors (Lipinski definition) is 0. The fourth-order valence-electron chi connectivity index (χ4n) is 2.08. The Balaban J connectivity index is 1.52. The minimum absolute atomic E-state index is 0.627. The normalized spacial score (nSPS) is 43.6. The van der Waals surface area contributed by atoms with Crippen LogP contribution in [0.25, 0.3) is 0 Å². The number of epoxide rings is 1. The predicted molar refractivity (Wildman–Crippen MR) is 42.4 cm³/mol. The lowest BCUT2D eigenvalue weighted by Gasteiger charge is -2.23. The van der Waals surface area contributed by atoms with E-state index in [9.17, 15) is 0 Å². The summed E-state index contributed by atoms with van der Waals surface area (Å²) in [6.07, 6.45) is 5.53. The second kappa shape index (κ2) is 2.20. The predicted octanol–water partition coefficient (Wildman–Crippen LogP) is 0.869. The van der Waals surface area contributed by atoms with Crippen molar-refractivity contribution >= 4 is 0 Å². The molecule has 0 spiro atoms. The Kier molecular flexibility index (Phi) is 1.29. The summed E-state index contributed by atoms with van der Waals surface area (Å²) < 4.78 is 5.47. The molecule has 1 saturated carbocycles. The molecule has 0 bridgehead atoms. The number of nitrogens with zero attached hydrogens (tertiary/aromatic N) is 1. The average Bonchev–Trinajstić information content (AvgIpc) is 2.78. The molecule has 62 valence electrons. The first-order valence-electron chi connectivity index (χ1n) is 4.79. The molecule has 0 aromatic carbocycles. The van der Waals surface area contributed by atoms with Crippen molar-refractivity contribution in [3.63, 3.8) is 0 Å². The molecule has 3 fully saturated rings. The van der Waals surface area contributed by atoms with Gasteiger partial charge in [-0.3, -0.25) is 0 Å². The summed E-state index contributed by atoms with van der Waals surface area (Å²) in [6.45, 7) is 3.87. The van der Waals surface area contributed by atoms with E-state index in [1.165, 1.54) is 38.9 Å². The lowest BCUT2D eigenvalue weighted by molar-refractivity contribution is 0.236. The molecule has 0 radical (unpaired) electrons. The van der Waals surface area contributed by atoms with Gasteiger partial charge in [0, 0.05) is 19.6 Å². The van der Waals surface area contributed by atoms with E-state index in [4.69, 9.17) is 4.74 Å². The van der Waals surface area contributed by atoms with Gasteiger partial charge in [-0.05, 0) is 25.2 Å². The second-order valence-electron chi connectivity index (χ2n) is 4.20. The van der Waals surface area contributed by atoms with E-state index in [0.29, 0.717) is 12.2 Å². The van der Waals surface area contributed by atoms with Gasteiger partial charge >= 0.3 is 0 Å². The summed E-state index contributed by atoms with van der Waals surface area (Å²) in [4.78, 5) is 2.59. The summed E-state index contributed by atoms with van der Waals surface area (Å²) in [5, 5.41) is 0. The van der Waals surface area contributed by atoms with Crippen molar-refractivity contribution in [1.82, 2.24) is 4.90 Å². The Hall–Kier alpha value is -0.0800. The molecule has 11 heavy (non-hydrogen) atoms. The smallest absolute Gasteiger partial charge is 0.0968 e. The third kappa shape index (κ3) is 1.30. The molecule has 0 amide bonds. The van der Waals surface area contributed by atoms with Crippen molar-refractivity contribution in [2.45, 2.75) is 31.5 Å². The number of piperidine rings is 1. The monoisotopic (exact) mass is 153 g/mol. The van der Waals surface area contributed by atoms with Crippen LogP contribution in [-0.2, 0) is 4.74 Å². The molecule has 0 N–H and O–H groups in total. The number of hydrogen-bond acceptors (Lipinski definition) is 2. The van der Waals surface area contributed by atoms with Crippen molar-refractivity contribution in [3.8, 4) is 0 Å². The van der Waals surface area contributed by atoms with Gasteiger partial charge in [0.2, 0.25) is 0 Å². The Morgan fingerprint density at radius 3 is 2.82 bits per heavy atom. The first kappa shape index (κ1) is 6.44. The quantitative estimate of drug-likeness (QED) is 0.547. The first-order chi connectivity index (χ1) is 5.42. The third-order valence-corrected chi connectivity index (χ3v) is 3.07. The van der Waals surface area contributed by atoms with Gasteiger partial charge in [0.1, 0.15) is 0 Å². The van der Waals surface area contributed by atoms with Crippen LogP contribution in [0, 0.1) is 5.92 Å². The van der Waals surface area contributed by atoms with Crippen LogP contribution in [0.3, 0.4) is 0 Å². The summed E-state index contributed by atoms with van der Waals surface area (Å²) in [6, 6.07) is 0. The minimum atomic E-state index is 0.627. The van der Waals surface area contributed by atoms with Crippen LogP contribution < -0.4 is 0 Å². The summed E-state index contributed by atoms with van der Waals surface area (Å²) in [5.41, 5.74) is 0. The zero-order valence-corrected chi connectivity index (χ0v) is 6.83. The highest BCUT2D eigenvalue weighted by molar-refractivity contribution is 4.93. The lowest BCUT2D eigenvalue weighted by atomic mass is 10.1. The van der Waals surface area contributed by atoms with Crippen LogP contribution in [0.5, 0.6) is 0 Å². The van der Waals surface area contributed by atoms with Crippen LogP contribution in [0.1, 0.15) is 19.3 Å². The van der Waals surface area contributed by atoms with Crippen LogP contribution in [-0.4, -0.2) is 36.7 Å². The van der Waals surface area contributed by atoms with Gasteiger partial charge in [-0.15, -0.1) is 0 Å². The van der Waals surface area contributed by atoms with E-state index in [0.717, 1.165) is 5.92 Å². The topological polar surface area (TPSA) is 15.8 Å². The van der Waals surface area contributed by atoms with Crippen molar-refractivity contribution in [1.29, 1.82) is 0 Å². The van der Waals surface area contributed by atoms with Crippen LogP contribution in [0.2, 0.25) is 0 Å². The lowest BCUT2D eigenvalue weighted by Crippen LogP contribution is -2.35. The number of likely N-dealkylation sites (tertiary alicyclic amines) is 1. The average molecular weight is 153 g/mol. The molecule has 2 atom stereocenters. The van der Waals surface area contributed by atoms with E-state index in [-0.39, 0.29) is 0 Å². The molecule has 2 heteroatoms. The van der Waals surface area contributed by atoms with E-state index in [1.54, 1.807) is 0 Å². The number of fused-ring (bicyclic) bond motifs is 1. The van der Waals surface area contributed by atoms with Gasteiger partial charge in [0.05, 0.1) is 12.2 Å². The standard InChI is InChI=1S/C9H15NO/c1-2-7(1)5-10-4-3-8-9(6-10)11-8/h7-9H,1-6H2/t8-,9-/m1/s1. The van der Waals surface area contributed by atoms with Gasteiger partial charge in [-0.2, -0.15) is 0 Å². The van der Waals surface area contributed by atoms with Crippen LogP contribution >= 0.6 is 0 Å². The Morgan fingerprint density at radius 1 is 1.18 bits per heavy atom. The van der Waals surface area contributed by atoms with E-state index >= 15 is 0 Å². The Labute approximate surface area is 67.5 Å². The maximum atomic E-state index is 5.47. The molecule has 2 saturated heterocycles. The zero-order chi connectivity index (χ0) is 7.26. The zero-order valence-electron chi connectivity index (χ0n) is 6.83. The van der Waals surface area contributed by atoms with Crippen LogP contribution in [0.4, 0.5) is 0 Å². The highest BCUT2D eigenvalue weighted by Gasteiger charge is 2.43. The SMILES string of the molecule is C1CC1CN1CC[C@H]2O[C@@H]2C1. The molecule has 0 aromatic heterocycles. The first-order valence-corrected chi connectivity index (χ1v) is 4.79. The van der Waals surface area contributed by atoms with Gasteiger partial charge in [-0.25, -0.2) is 0 Å². The largest absolute Gasteiger partial charge is 0.368 e. The van der Waals surface area contributed by atoms with Gasteiger partial charge in [-0.1, -0.05) is 0 Å². The van der Waals surface area contributed by atoms with Gasteiger partial charge < -0.3 is 9.64 Å². The molecule has 3 aliphatic rings. The van der Waals surface area contributed by atoms with E-state index < -0.39 is 0 Å². The Morgan fingerprint density at radius 2 is 2.09 bits per heavy atom. The molecule has 0 aromatic rings. The molecule has 3 rings (SSSR count). The summed E-state index contributed by atoms with van der Waals surface area (Å²) in [5.74, 6) is 1.05. The molecule has 2 heterocycles. The third-order valence-electron chi connectivity index (χ3n) is 3.07. The molecule has 2 aliphatic heterocycles. The van der Waals surface area contributed by atoms with Gasteiger partial charge in [0.25, 0.3) is 0 Å². The molecule has 0 unspecified atom stereocenters. The molecular weight excluding hydrogens is 138 g/mol. The minimum Gasteiger partial charge on any atom is -0.368 e. The maximum absolute atomic E-state index is 5.47. The van der Waals surface area contributed by atoms with Crippen molar-refractivity contribution < 1.29 is 4.74 Å². The van der Waals surface area contributed by atoms with Crippen molar-refractivity contribution in [3.05, 3.63) is 0 Å². The maximum Gasteiger partial charge on any atom is 0.0968 e. The van der Waals surface area contributed by atoms with E-state index in [2.05, 4.69) is 4.90 Å². The van der Waals surface area contributed by atoms with Crippen molar-refractivity contribution in [2.24, 2.45) is 5.92 Å².